The first-order valence-corrected chi connectivity index (χ1v) is 12.0. The van der Waals surface area contributed by atoms with Gasteiger partial charge in [0.25, 0.3) is 11.7 Å². The molecule has 184 valence electrons. The van der Waals surface area contributed by atoms with E-state index < -0.39 is 17.7 Å². The standard InChI is InChI=1S/C31H26N2O4/c1-21-6-5-7-23(18-21)20-37-26-12-10-25(11-13-26)29(34)27-28(24-8-3-2-4-9-24)33(31(36)30(27)35)19-22-14-16-32-17-15-22/h2-18,28,34H,19-20H2,1H3. The van der Waals surface area contributed by atoms with Gasteiger partial charge in [0, 0.05) is 24.5 Å². The van der Waals surface area contributed by atoms with Crippen molar-refractivity contribution in [1.82, 2.24) is 9.88 Å². The van der Waals surface area contributed by atoms with Crippen molar-refractivity contribution in [2.45, 2.75) is 26.1 Å². The molecule has 6 heteroatoms. The molecule has 1 aromatic heterocycles. The number of hydrogen-bond acceptors (Lipinski definition) is 5. The molecular weight excluding hydrogens is 464 g/mol. The number of aliphatic hydroxyl groups is 1. The van der Waals surface area contributed by atoms with Crippen molar-refractivity contribution in [2.24, 2.45) is 0 Å². The van der Waals surface area contributed by atoms with Crippen LogP contribution in [0.4, 0.5) is 0 Å². The van der Waals surface area contributed by atoms with Gasteiger partial charge in [0.05, 0.1) is 11.6 Å². The van der Waals surface area contributed by atoms with Gasteiger partial charge in [-0.3, -0.25) is 14.6 Å². The Balaban J connectivity index is 1.45. The number of rotatable bonds is 7. The van der Waals surface area contributed by atoms with Crippen molar-refractivity contribution < 1.29 is 19.4 Å². The summed E-state index contributed by atoms with van der Waals surface area (Å²) in [7, 11) is 0. The highest BCUT2D eigenvalue weighted by Gasteiger charge is 2.46. The number of benzene rings is 3. The third-order valence-electron chi connectivity index (χ3n) is 6.37. The summed E-state index contributed by atoms with van der Waals surface area (Å²) in [6, 6.07) is 27.1. The van der Waals surface area contributed by atoms with E-state index in [0.29, 0.717) is 17.9 Å². The van der Waals surface area contributed by atoms with Gasteiger partial charge in [-0.2, -0.15) is 0 Å². The molecule has 1 aliphatic rings. The summed E-state index contributed by atoms with van der Waals surface area (Å²) in [5.41, 5.74) is 4.31. The Morgan fingerprint density at radius 2 is 1.62 bits per heavy atom. The van der Waals surface area contributed by atoms with E-state index in [2.05, 4.69) is 11.1 Å². The predicted molar refractivity (Wildman–Crippen MR) is 140 cm³/mol. The highest BCUT2D eigenvalue weighted by molar-refractivity contribution is 6.46. The third kappa shape index (κ3) is 5.14. The fraction of sp³-hybridized carbons (Fsp3) is 0.129. The smallest absolute Gasteiger partial charge is 0.295 e. The summed E-state index contributed by atoms with van der Waals surface area (Å²) in [6.07, 6.45) is 3.29. The highest BCUT2D eigenvalue weighted by atomic mass is 16.5. The quantitative estimate of drug-likeness (QED) is 0.208. The van der Waals surface area contributed by atoms with Gasteiger partial charge in [-0.15, -0.1) is 0 Å². The molecule has 0 saturated carbocycles. The molecule has 1 N–H and O–H groups in total. The minimum absolute atomic E-state index is 0.0682. The van der Waals surface area contributed by atoms with Crippen LogP contribution in [0.5, 0.6) is 5.75 Å². The molecule has 4 aromatic rings. The lowest BCUT2D eigenvalue weighted by Gasteiger charge is -2.25. The van der Waals surface area contributed by atoms with Crippen LogP contribution >= 0.6 is 0 Å². The molecule has 0 radical (unpaired) electrons. The van der Waals surface area contributed by atoms with E-state index in [4.69, 9.17) is 4.74 Å². The summed E-state index contributed by atoms with van der Waals surface area (Å²) in [5.74, 6) is -0.934. The molecule has 0 aliphatic carbocycles. The summed E-state index contributed by atoms with van der Waals surface area (Å²) < 4.78 is 5.89. The SMILES string of the molecule is Cc1cccc(COc2ccc(C(O)=C3C(=O)C(=O)N(Cc4ccncc4)C3c3ccccc3)cc2)c1. The van der Waals surface area contributed by atoms with E-state index in [1.54, 1.807) is 48.8 Å². The summed E-state index contributed by atoms with van der Waals surface area (Å²) in [4.78, 5) is 31.9. The minimum atomic E-state index is -0.716. The number of pyridine rings is 1. The summed E-state index contributed by atoms with van der Waals surface area (Å²) >= 11 is 0. The molecule has 1 saturated heterocycles. The van der Waals surface area contributed by atoms with Gasteiger partial charge in [-0.1, -0.05) is 60.2 Å². The highest BCUT2D eigenvalue weighted by Crippen LogP contribution is 2.40. The zero-order valence-electron chi connectivity index (χ0n) is 20.4. The number of aliphatic hydroxyl groups excluding tert-OH is 1. The van der Waals surface area contributed by atoms with Gasteiger partial charge in [0.15, 0.2) is 0 Å². The van der Waals surface area contributed by atoms with E-state index in [0.717, 1.165) is 22.3 Å². The molecule has 1 aliphatic heterocycles. The van der Waals surface area contributed by atoms with E-state index in [9.17, 15) is 14.7 Å². The van der Waals surface area contributed by atoms with E-state index in [-0.39, 0.29) is 17.9 Å². The van der Waals surface area contributed by atoms with Gasteiger partial charge in [0.1, 0.15) is 18.1 Å². The number of aryl methyl sites for hydroxylation is 1. The van der Waals surface area contributed by atoms with Gasteiger partial charge >= 0.3 is 0 Å². The van der Waals surface area contributed by atoms with Gasteiger partial charge in [0.2, 0.25) is 0 Å². The zero-order chi connectivity index (χ0) is 25.8. The number of ketones is 1. The molecular formula is C31H26N2O4. The monoisotopic (exact) mass is 490 g/mol. The van der Waals surface area contributed by atoms with Crippen molar-refractivity contribution in [3.8, 4) is 5.75 Å². The summed E-state index contributed by atoms with van der Waals surface area (Å²) in [6.45, 7) is 2.67. The zero-order valence-corrected chi connectivity index (χ0v) is 20.4. The Hall–Kier alpha value is -4.71. The Kier molecular flexibility index (Phi) is 6.81. The number of amides is 1. The second-order valence-corrected chi connectivity index (χ2v) is 9.00. The first kappa shape index (κ1) is 24.0. The molecule has 1 atom stereocenters. The van der Waals surface area contributed by atoms with Crippen LogP contribution in [0, 0.1) is 6.92 Å². The number of likely N-dealkylation sites (tertiary alicyclic amines) is 1. The Labute approximate surface area is 215 Å². The van der Waals surface area contributed by atoms with Gasteiger partial charge in [-0.05, 0) is 60.0 Å². The first-order valence-electron chi connectivity index (χ1n) is 12.0. The molecule has 2 heterocycles. The van der Waals surface area contributed by atoms with E-state index in [1.807, 2.05) is 55.5 Å². The second-order valence-electron chi connectivity index (χ2n) is 9.00. The number of ether oxygens (including phenoxy) is 1. The molecule has 5 rings (SSSR count). The Morgan fingerprint density at radius 3 is 2.32 bits per heavy atom. The number of hydrogen-bond donors (Lipinski definition) is 1. The predicted octanol–water partition coefficient (Wildman–Crippen LogP) is 5.59. The van der Waals surface area contributed by atoms with Crippen molar-refractivity contribution >= 4 is 17.4 Å². The number of carbonyl (C=O) groups excluding carboxylic acids is 2. The molecule has 0 spiro atoms. The van der Waals surface area contributed by atoms with Crippen LogP contribution < -0.4 is 4.74 Å². The van der Waals surface area contributed by atoms with Crippen LogP contribution in [0.2, 0.25) is 0 Å². The van der Waals surface area contributed by atoms with Gasteiger partial charge in [-0.25, -0.2) is 0 Å². The maximum atomic E-state index is 13.2. The number of Topliss-reactive ketones (excluding diaryl/α,β-unsaturated/α-hetero) is 1. The van der Waals surface area contributed by atoms with E-state index >= 15 is 0 Å². The lowest BCUT2D eigenvalue weighted by Crippen LogP contribution is -2.29. The van der Waals surface area contributed by atoms with Crippen molar-refractivity contribution in [3.63, 3.8) is 0 Å². The Bertz CT molecular complexity index is 1450. The third-order valence-corrected chi connectivity index (χ3v) is 6.37. The van der Waals surface area contributed by atoms with Gasteiger partial charge < -0.3 is 14.7 Å². The van der Waals surface area contributed by atoms with Crippen LogP contribution in [0.15, 0.2) is 109 Å². The Morgan fingerprint density at radius 1 is 0.892 bits per heavy atom. The fourth-order valence-electron chi connectivity index (χ4n) is 4.54. The maximum Gasteiger partial charge on any atom is 0.295 e. The lowest BCUT2D eigenvalue weighted by atomic mass is 9.95. The van der Waals surface area contributed by atoms with Crippen LogP contribution in [0.1, 0.15) is 33.9 Å². The molecule has 0 bridgehead atoms. The number of nitrogens with zero attached hydrogens (tertiary/aromatic N) is 2. The topological polar surface area (TPSA) is 79.7 Å². The largest absolute Gasteiger partial charge is 0.507 e. The molecule has 37 heavy (non-hydrogen) atoms. The lowest BCUT2D eigenvalue weighted by molar-refractivity contribution is -0.140. The van der Waals surface area contributed by atoms with Crippen LogP contribution in [-0.4, -0.2) is 26.7 Å². The number of aromatic nitrogens is 1. The van der Waals surface area contributed by atoms with Crippen LogP contribution in [-0.2, 0) is 22.7 Å². The van der Waals surface area contributed by atoms with Crippen LogP contribution in [0.3, 0.4) is 0 Å². The average Bonchev–Trinajstić information content (AvgIpc) is 3.18. The van der Waals surface area contributed by atoms with Crippen molar-refractivity contribution in [1.29, 1.82) is 0 Å². The first-order chi connectivity index (χ1) is 18.0. The normalized spacial score (nSPS) is 16.7. The molecule has 3 aromatic carbocycles. The molecule has 6 nitrogen and oxygen atoms in total. The fourth-order valence-corrected chi connectivity index (χ4v) is 4.54. The number of carbonyl (C=O) groups is 2. The van der Waals surface area contributed by atoms with Crippen molar-refractivity contribution in [3.05, 3.63) is 137 Å². The van der Waals surface area contributed by atoms with Crippen LogP contribution in [0.25, 0.3) is 5.76 Å². The maximum absolute atomic E-state index is 13.2. The molecule has 1 unspecified atom stereocenters. The van der Waals surface area contributed by atoms with Crippen molar-refractivity contribution in [2.75, 3.05) is 0 Å². The van der Waals surface area contributed by atoms with E-state index in [1.165, 1.54) is 4.90 Å². The second kappa shape index (κ2) is 10.5. The summed E-state index contributed by atoms with van der Waals surface area (Å²) in [5, 5.41) is 11.3. The molecule has 1 fully saturated rings. The average molecular weight is 491 g/mol. The minimum Gasteiger partial charge on any atom is -0.507 e. The molecule has 1 amide bonds.